The molecule has 2 aromatic rings. The van der Waals surface area contributed by atoms with Crippen LogP contribution >= 0.6 is 51.2 Å². The van der Waals surface area contributed by atoms with Crippen molar-refractivity contribution in [1.82, 2.24) is 15.6 Å². The highest BCUT2D eigenvalue weighted by Gasteiger charge is 2.21. The van der Waals surface area contributed by atoms with Gasteiger partial charge >= 0.3 is 0 Å². The number of rotatable bonds is 5. The first kappa shape index (κ1) is 21.4. The molecule has 0 radical (unpaired) electrons. The molecule has 0 bridgehead atoms. The molecule has 132 valence electrons. The number of hydrogen-bond acceptors (Lipinski definition) is 3. The average molecular weight is 523 g/mol. The lowest BCUT2D eigenvalue weighted by Gasteiger charge is -2.27. The summed E-state index contributed by atoms with van der Waals surface area (Å²) in [6.45, 7) is 7.99. The van der Waals surface area contributed by atoms with E-state index >= 15 is 0 Å². The molecule has 2 N–H and O–H groups in total. The van der Waals surface area contributed by atoms with Gasteiger partial charge in [-0.05, 0) is 24.6 Å². The van der Waals surface area contributed by atoms with Gasteiger partial charge in [0, 0.05) is 34.6 Å². The van der Waals surface area contributed by atoms with Gasteiger partial charge in [-0.15, -0.1) is 35.3 Å². The van der Waals surface area contributed by atoms with Crippen molar-refractivity contribution in [3.63, 3.8) is 0 Å². The van der Waals surface area contributed by atoms with Crippen molar-refractivity contribution in [2.45, 2.75) is 32.7 Å². The summed E-state index contributed by atoms with van der Waals surface area (Å²) in [4.78, 5) is 9.87. The highest BCUT2D eigenvalue weighted by Crippen LogP contribution is 2.25. The minimum atomic E-state index is -0.000823. The van der Waals surface area contributed by atoms with Gasteiger partial charge in [-0.1, -0.05) is 41.9 Å². The molecule has 0 unspecified atom stereocenters. The van der Waals surface area contributed by atoms with Crippen LogP contribution in [0.2, 0.25) is 0 Å². The molecule has 0 atom stereocenters. The van der Waals surface area contributed by atoms with E-state index in [9.17, 15) is 0 Å². The van der Waals surface area contributed by atoms with Gasteiger partial charge in [-0.25, -0.2) is 4.98 Å². The molecule has 0 saturated heterocycles. The van der Waals surface area contributed by atoms with Crippen molar-refractivity contribution >= 4 is 57.2 Å². The number of aromatic nitrogens is 1. The van der Waals surface area contributed by atoms with E-state index in [1.165, 1.54) is 10.4 Å². The summed E-state index contributed by atoms with van der Waals surface area (Å²) < 4.78 is 1.10. The normalized spacial score (nSPS) is 11.8. The topological polar surface area (TPSA) is 49.3 Å². The molecule has 1 aromatic carbocycles. The van der Waals surface area contributed by atoms with Crippen LogP contribution in [0.15, 0.2) is 39.9 Å². The minimum absolute atomic E-state index is 0. The number of guanidine groups is 1. The van der Waals surface area contributed by atoms with Gasteiger partial charge in [-0.2, -0.15) is 0 Å². The molecule has 0 aliphatic heterocycles. The van der Waals surface area contributed by atoms with Gasteiger partial charge in [0.1, 0.15) is 5.01 Å². The van der Waals surface area contributed by atoms with Crippen molar-refractivity contribution in [3.05, 3.63) is 50.4 Å². The molecule has 0 saturated carbocycles. The average Bonchev–Trinajstić information content (AvgIpc) is 2.93. The zero-order valence-electron chi connectivity index (χ0n) is 14.4. The first-order chi connectivity index (χ1) is 10.9. The van der Waals surface area contributed by atoms with Gasteiger partial charge in [0.15, 0.2) is 5.96 Å². The van der Waals surface area contributed by atoms with Crippen molar-refractivity contribution < 1.29 is 0 Å². The maximum absolute atomic E-state index is 4.36. The first-order valence-corrected chi connectivity index (χ1v) is 9.13. The summed E-state index contributed by atoms with van der Waals surface area (Å²) in [5.74, 6) is 0.793. The maximum Gasteiger partial charge on any atom is 0.191 e. The Balaban J connectivity index is 0.00000288. The quantitative estimate of drug-likeness (QED) is 0.346. The fourth-order valence-corrected chi connectivity index (χ4v) is 3.31. The third kappa shape index (κ3) is 6.33. The van der Waals surface area contributed by atoms with Gasteiger partial charge in [0.25, 0.3) is 0 Å². The molecule has 0 aliphatic carbocycles. The number of thiazole rings is 1. The van der Waals surface area contributed by atoms with Crippen LogP contribution in [0.25, 0.3) is 0 Å². The van der Waals surface area contributed by atoms with Crippen molar-refractivity contribution in [1.29, 1.82) is 0 Å². The molecule has 7 heteroatoms. The SMILES string of the molecule is CN=C(NCc1ncc(C)s1)NCC(C)(C)c1cccc(Br)c1.I. The van der Waals surface area contributed by atoms with E-state index in [0.29, 0.717) is 6.54 Å². The fraction of sp³-hybridized carbons (Fsp3) is 0.412. The van der Waals surface area contributed by atoms with E-state index in [4.69, 9.17) is 0 Å². The predicted octanol–water partition coefficient (Wildman–Crippen LogP) is 4.47. The van der Waals surface area contributed by atoms with Gasteiger partial charge in [0.2, 0.25) is 0 Å². The van der Waals surface area contributed by atoms with Crippen molar-refractivity contribution in [3.8, 4) is 0 Å². The number of aliphatic imine (C=N–C) groups is 1. The number of halogens is 2. The number of benzene rings is 1. The molecule has 0 fully saturated rings. The van der Waals surface area contributed by atoms with Crippen LogP contribution in [0, 0.1) is 6.92 Å². The highest BCUT2D eigenvalue weighted by molar-refractivity contribution is 14.0. The number of hydrogen-bond donors (Lipinski definition) is 2. The lowest BCUT2D eigenvalue weighted by Crippen LogP contribution is -2.43. The van der Waals surface area contributed by atoms with E-state index < -0.39 is 0 Å². The van der Waals surface area contributed by atoms with Gasteiger partial charge < -0.3 is 10.6 Å². The standard InChI is InChI=1S/C17H23BrN4S.HI/c1-12-9-20-15(23-12)10-21-16(19-4)22-11-17(2,3)13-6-5-7-14(18)8-13;/h5-9H,10-11H2,1-4H3,(H2,19,21,22);1H. The molecule has 1 aromatic heterocycles. The maximum atomic E-state index is 4.36. The Hall–Kier alpha value is -0.670. The molecule has 24 heavy (non-hydrogen) atoms. The molecular weight excluding hydrogens is 499 g/mol. The molecule has 0 spiro atoms. The summed E-state index contributed by atoms with van der Waals surface area (Å²) in [6.07, 6.45) is 1.90. The molecule has 4 nitrogen and oxygen atoms in total. The van der Waals surface area contributed by atoms with E-state index in [1.54, 1.807) is 18.4 Å². The monoisotopic (exact) mass is 522 g/mol. The van der Waals surface area contributed by atoms with Gasteiger partial charge in [-0.3, -0.25) is 4.99 Å². The lowest BCUT2D eigenvalue weighted by molar-refractivity contribution is 0.508. The summed E-state index contributed by atoms with van der Waals surface area (Å²) >= 11 is 5.24. The Morgan fingerprint density at radius 1 is 1.33 bits per heavy atom. The highest BCUT2D eigenvalue weighted by atomic mass is 127. The van der Waals surface area contributed by atoms with Crippen molar-refractivity contribution in [2.75, 3.05) is 13.6 Å². The van der Waals surface area contributed by atoms with Crippen LogP contribution in [-0.4, -0.2) is 24.5 Å². The zero-order valence-corrected chi connectivity index (χ0v) is 19.1. The third-order valence-corrected chi connectivity index (χ3v) is 5.01. The second-order valence-electron chi connectivity index (χ2n) is 6.04. The summed E-state index contributed by atoms with van der Waals surface area (Å²) in [5, 5.41) is 7.78. The van der Waals surface area contributed by atoms with Crippen LogP contribution in [-0.2, 0) is 12.0 Å². The van der Waals surface area contributed by atoms with Crippen LogP contribution in [0.3, 0.4) is 0 Å². The second-order valence-corrected chi connectivity index (χ2v) is 8.27. The first-order valence-electron chi connectivity index (χ1n) is 7.52. The van der Waals surface area contributed by atoms with Crippen LogP contribution in [0.1, 0.15) is 29.3 Å². The summed E-state index contributed by atoms with van der Waals surface area (Å²) in [6, 6.07) is 8.43. The van der Waals surface area contributed by atoms with E-state index in [1.807, 2.05) is 12.3 Å². The Labute approximate surface area is 173 Å². The van der Waals surface area contributed by atoms with Crippen LogP contribution in [0.5, 0.6) is 0 Å². The number of nitrogens with one attached hydrogen (secondary N) is 2. The molecule has 0 aliphatic rings. The second kappa shape index (κ2) is 9.72. The third-order valence-electron chi connectivity index (χ3n) is 3.60. The molecule has 2 rings (SSSR count). The fourth-order valence-electron chi connectivity index (χ4n) is 2.18. The van der Waals surface area contributed by atoms with E-state index in [2.05, 4.69) is 75.5 Å². The van der Waals surface area contributed by atoms with Crippen LogP contribution in [0.4, 0.5) is 0 Å². The number of nitrogens with zero attached hydrogens (tertiary/aromatic N) is 2. The Morgan fingerprint density at radius 3 is 2.67 bits per heavy atom. The van der Waals surface area contributed by atoms with Crippen LogP contribution < -0.4 is 10.6 Å². The van der Waals surface area contributed by atoms with E-state index in [0.717, 1.165) is 22.0 Å². The lowest BCUT2D eigenvalue weighted by atomic mass is 9.85. The minimum Gasteiger partial charge on any atom is -0.356 e. The van der Waals surface area contributed by atoms with E-state index in [-0.39, 0.29) is 29.4 Å². The molecule has 0 amide bonds. The number of aryl methyl sites for hydroxylation is 1. The molecule has 1 heterocycles. The summed E-state index contributed by atoms with van der Waals surface area (Å²) in [7, 11) is 1.79. The Kier molecular flexibility index (Phi) is 8.66. The van der Waals surface area contributed by atoms with Crippen molar-refractivity contribution in [2.24, 2.45) is 4.99 Å². The Bertz CT molecular complexity index is 685. The largest absolute Gasteiger partial charge is 0.356 e. The zero-order chi connectivity index (χ0) is 16.9. The molecular formula is C17H24BrIN4S. The smallest absolute Gasteiger partial charge is 0.191 e. The van der Waals surface area contributed by atoms with Gasteiger partial charge in [0.05, 0.1) is 6.54 Å². The predicted molar refractivity (Wildman–Crippen MR) is 118 cm³/mol. The Morgan fingerprint density at radius 2 is 2.08 bits per heavy atom. The summed E-state index contributed by atoms with van der Waals surface area (Å²) in [5.41, 5.74) is 1.28.